The van der Waals surface area contributed by atoms with Crippen molar-refractivity contribution < 1.29 is 13.2 Å². The van der Waals surface area contributed by atoms with Crippen LogP contribution in [0.2, 0.25) is 5.02 Å². The molecule has 0 radical (unpaired) electrons. The second kappa shape index (κ2) is 4.90. The lowest BCUT2D eigenvalue weighted by molar-refractivity contribution is -0.132. The number of carbonyl (C=O) groups excluding carboxylic acids is 1. The van der Waals surface area contributed by atoms with Gasteiger partial charge in [0, 0.05) is 18.0 Å². The topological polar surface area (TPSA) is 54.5 Å². The fourth-order valence-electron chi connectivity index (χ4n) is 2.17. The minimum Gasteiger partial charge on any atom is -0.322 e. The van der Waals surface area contributed by atoms with Gasteiger partial charge >= 0.3 is 0 Å². The highest BCUT2D eigenvalue weighted by atomic mass is 35.5. The highest BCUT2D eigenvalue weighted by molar-refractivity contribution is 7.91. The second-order valence-electron chi connectivity index (χ2n) is 4.20. The fourth-order valence-corrected chi connectivity index (χ4v) is 4.20. The van der Waals surface area contributed by atoms with E-state index in [-0.39, 0.29) is 18.1 Å². The predicted octanol–water partition coefficient (Wildman–Crippen LogP) is 2.01. The molecule has 1 heterocycles. The van der Waals surface area contributed by atoms with Crippen LogP contribution in [-0.4, -0.2) is 31.5 Å². The molecule has 1 fully saturated rings. The van der Waals surface area contributed by atoms with Crippen molar-refractivity contribution in [2.45, 2.75) is 18.7 Å². The Hall–Kier alpha value is -1.07. The number of sulfone groups is 1. The summed E-state index contributed by atoms with van der Waals surface area (Å²) in [4.78, 5) is 13.2. The van der Waals surface area contributed by atoms with Crippen LogP contribution in [0.15, 0.2) is 24.3 Å². The lowest BCUT2D eigenvalue weighted by Crippen LogP contribution is -2.44. The average molecular weight is 288 g/mol. The molecule has 4 nitrogen and oxygen atoms in total. The third kappa shape index (κ3) is 2.37. The first-order valence-corrected chi connectivity index (χ1v) is 7.81. The van der Waals surface area contributed by atoms with Gasteiger partial charge in [-0.25, -0.2) is 8.42 Å². The molecule has 1 aromatic rings. The largest absolute Gasteiger partial charge is 0.322 e. The smallest absolute Gasteiger partial charge is 0.224 e. The maximum absolute atomic E-state index is 12.2. The van der Waals surface area contributed by atoms with Crippen molar-refractivity contribution in [2.24, 2.45) is 0 Å². The van der Waals surface area contributed by atoms with Crippen LogP contribution in [0.3, 0.4) is 0 Å². The summed E-state index contributed by atoms with van der Waals surface area (Å²) in [6, 6.07) is 6.59. The zero-order valence-corrected chi connectivity index (χ0v) is 11.5. The predicted molar refractivity (Wildman–Crippen MR) is 70.0 cm³/mol. The van der Waals surface area contributed by atoms with Gasteiger partial charge in [0.05, 0.1) is 5.75 Å². The van der Waals surface area contributed by atoms with Gasteiger partial charge in [-0.15, -0.1) is 0 Å². The van der Waals surface area contributed by atoms with E-state index in [1.54, 1.807) is 31.2 Å². The van der Waals surface area contributed by atoms with Crippen molar-refractivity contribution in [1.29, 1.82) is 0 Å². The van der Waals surface area contributed by atoms with Crippen molar-refractivity contribution in [1.82, 2.24) is 4.90 Å². The van der Waals surface area contributed by atoms with E-state index in [0.29, 0.717) is 17.1 Å². The number of carbonyl (C=O) groups is 1. The van der Waals surface area contributed by atoms with E-state index < -0.39 is 15.2 Å². The summed E-state index contributed by atoms with van der Waals surface area (Å²) in [5.41, 5.74) is 0.592. The van der Waals surface area contributed by atoms with Gasteiger partial charge in [-0.05, 0) is 24.6 Å². The summed E-state index contributed by atoms with van der Waals surface area (Å²) >= 11 is 5.79. The summed E-state index contributed by atoms with van der Waals surface area (Å²) in [7, 11) is -3.32. The number of amides is 1. The first kappa shape index (κ1) is 13.4. The summed E-state index contributed by atoms with van der Waals surface area (Å²) in [6.45, 7) is 2.16. The van der Waals surface area contributed by atoms with E-state index in [4.69, 9.17) is 11.6 Å². The molecule has 1 aromatic carbocycles. The Bertz CT molecular complexity index is 553. The molecule has 2 rings (SSSR count). The van der Waals surface area contributed by atoms with Crippen molar-refractivity contribution in [3.8, 4) is 0 Å². The van der Waals surface area contributed by atoms with E-state index in [1.807, 2.05) is 0 Å². The zero-order chi connectivity index (χ0) is 13.3. The van der Waals surface area contributed by atoms with Crippen LogP contribution in [0.4, 0.5) is 0 Å². The Labute approximate surface area is 111 Å². The number of hydrogen-bond acceptors (Lipinski definition) is 3. The van der Waals surface area contributed by atoms with Gasteiger partial charge < -0.3 is 4.90 Å². The van der Waals surface area contributed by atoms with Crippen LogP contribution < -0.4 is 0 Å². The maximum atomic E-state index is 12.2. The fraction of sp³-hybridized carbons (Fsp3) is 0.417. The molecule has 1 aliphatic rings. The highest BCUT2D eigenvalue weighted by Gasteiger charge is 2.39. The normalized spacial score (nSPS) is 23.1. The first-order valence-electron chi connectivity index (χ1n) is 5.72. The van der Waals surface area contributed by atoms with Gasteiger partial charge in [-0.2, -0.15) is 0 Å². The molecular weight excluding hydrogens is 274 g/mol. The van der Waals surface area contributed by atoms with E-state index in [9.17, 15) is 13.2 Å². The van der Waals surface area contributed by atoms with Crippen LogP contribution in [0, 0.1) is 0 Å². The van der Waals surface area contributed by atoms with E-state index in [1.165, 1.54) is 4.90 Å². The molecule has 0 bridgehead atoms. The Balaban J connectivity index is 2.48. The number of hydrogen-bond donors (Lipinski definition) is 0. The monoisotopic (exact) mass is 287 g/mol. The van der Waals surface area contributed by atoms with Crippen molar-refractivity contribution in [3.05, 3.63) is 34.9 Å². The van der Waals surface area contributed by atoms with Gasteiger partial charge in [-0.3, -0.25) is 4.79 Å². The second-order valence-corrected chi connectivity index (χ2v) is 6.82. The molecule has 0 spiro atoms. The third-order valence-corrected chi connectivity index (χ3v) is 5.27. The molecule has 0 aromatic heterocycles. The minimum absolute atomic E-state index is 0.0697. The molecule has 1 atom stereocenters. The lowest BCUT2D eigenvalue weighted by atomic mass is 10.2. The van der Waals surface area contributed by atoms with Crippen LogP contribution in [0.1, 0.15) is 24.3 Å². The molecule has 1 amide bonds. The third-order valence-electron chi connectivity index (χ3n) is 3.04. The van der Waals surface area contributed by atoms with E-state index >= 15 is 0 Å². The molecule has 98 valence electrons. The van der Waals surface area contributed by atoms with Crippen molar-refractivity contribution in [2.75, 3.05) is 12.3 Å². The van der Waals surface area contributed by atoms with Crippen LogP contribution in [0.25, 0.3) is 0 Å². The van der Waals surface area contributed by atoms with Crippen LogP contribution in [0.5, 0.6) is 0 Å². The van der Waals surface area contributed by atoms with Gasteiger partial charge in [0.2, 0.25) is 5.91 Å². The van der Waals surface area contributed by atoms with Gasteiger partial charge in [0.1, 0.15) is 0 Å². The molecule has 0 N–H and O–H groups in total. The van der Waals surface area contributed by atoms with Gasteiger partial charge in [-0.1, -0.05) is 23.7 Å². The Morgan fingerprint density at radius 3 is 2.50 bits per heavy atom. The van der Waals surface area contributed by atoms with Gasteiger partial charge in [0.25, 0.3) is 0 Å². The Kier molecular flexibility index (Phi) is 3.64. The van der Waals surface area contributed by atoms with E-state index in [0.717, 1.165) is 0 Å². The molecule has 1 saturated heterocycles. The summed E-state index contributed by atoms with van der Waals surface area (Å²) in [5.74, 6) is -0.206. The Morgan fingerprint density at radius 2 is 1.94 bits per heavy atom. The highest BCUT2D eigenvalue weighted by Crippen LogP contribution is 2.32. The first-order chi connectivity index (χ1) is 8.45. The molecule has 18 heavy (non-hydrogen) atoms. The molecule has 0 saturated carbocycles. The van der Waals surface area contributed by atoms with Crippen LogP contribution in [-0.2, 0) is 14.6 Å². The molecule has 6 heteroatoms. The average Bonchev–Trinajstić information content (AvgIpc) is 2.33. The Morgan fingerprint density at radius 1 is 1.33 bits per heavy atom. The SMILES string of the molecule is CCN1C(=O)CCS(=O)(=O)C1c1ccc(Cl)cc1. The molecule has 1 unspecified atom stereocenters. The summed E-state index contributed by atoms with van der Waals surface area (Å²) in [5, 5.41) is -0.331. The minimum atomic E-state index is -3.32. The number of benzene rings is 1. The quantitative estimate of drug-likeness (QED) is 0.836. The maximum Gasteiger partial charge on any atom is 0.224 e. The standard InChI is InChI=1S/C12H14ClNO3S/c1-2-14-11(15)7-8-18(16,17)12(14)9-3-5-10(13)6-4-9/h3-6,12H,2,7-8H2,1H3. The summed E-state index contributed by atoms with van der Waals surface area (Å²) < 4.78 is 24.3. The lowest BCUT2D eigenvalue weighted by Gasteiger charge is -2.34. The molecule has 0 aliphatic carbocycles. The zero-order valence-electron chi connectivity index (χ0n) is 9.97. The summed E-state index contributed by atoms with van der Waals surface area (Å²) in [6.07, 6.45) is 0.0697. The number of nitrogens with zero attached hydrogens (tertiary/aromatic N) is 1. The molecular formula is C12H14ClNO3S. The molecule has 1 aliphatic heterocycles. The van der Waals surface area contributed by atoms with Gasteiger partial charge in [0.15, 0.2) is 15.2 Å². The van der Waals surface area contributed by atoms with Crippen molar-refractivity contribution in [3.63, 3.8) is 0 Å². The van der Waals surface area contributed by atoms with E-state index in [2.05, 4.69) is 0 Å². The number of rotatable bonds is 2. The number of halogens is 1. The van der Waals surface area contributed by atoms with Crippen LogP contribution >= 0.6 is 11.6 Å². The van der Waals surface area contributed by atoms with Crippen molar-refractivity contribution >= 4 is 27.3 Å².